The van der Waals surface area contributed by atoms with E-state index in [-0.39, 0.29) is 5.69 Å². The summed E-state index contributed by atoms with van der Waals surface area (Å²) in [5.74, 6) is -0.268. The smallest absolute Gasteiger partial charge is 0.190 e. The van der Waals surface area contributed by atoms with Crippen molar-refractivity contribution in [2.75, 3.05) is 17.3 Å². The van der Waals surface area contributed by atoms with Crippen molar-refractivity contribution in [3.05, 3.63) is 59.5 Å². The van der Waals surface area contributed by atoms with Crippen molar-refractivity contribution in [1.82, 2.24) is 19.9 Å². The van der Waals surface area contributed by atoms with Gasteiger partial charge >= 0.3 is 0 Å². The maximum Gasteiger partial charge on any atom is 0.190 e. The summed E-state index contributed by atoms with van der Waals surface area (Å²) in [4.78, 5) is 19.0. The summed E-state index contributed by atoms with van der Waals surface area (Å²) < 4.78 is 27.2. The lowest BCUT2D eigenvalue weighted by molar-refractivity contribution is 0.583. The maximum atomic E-state index is 14.0. The molecular weight excluding hydrogens is 394 g/mol. The first kappa shape index (κ1) is 17.5. The Bertz CT molecular complexity index is 1140. The Labute approximate surface area is 161 Å². The van der Waals surface area contributed by atoms with Gasteiger partial charge in [0.1, 0.15) is 45.1 Å². The third kappa shape index (κ3) is 3.64. The minimum absolute atomic E-state index is 0.224. The lowest BCUT2D eigenvalue weighted by Crippen LogP contribution is -2.12. The van der Waals surface area contributed by atoms with Gasteiger partial charge in [-0.05, 0) is 24.3 Å². The number of fused-ring (bicyclic) bond motifs is 1. The molecule has 1 N–H and O–H groups in total. The standard InChI is InChI=1S/C17H11ClF2N6S/c1-26(12-4-2-9(19)6-10(12)20)15-5-3-11-16(25-15)27-17(23-11)24-14-7-13(18)21-8-22-14/h2-8H,1H3,(H,21,22,23,24). The van der Waals surface area contributed by atoms with Crippen LogP contribution in [-0.2, 0) is 0 Å². The summed E-state index contributed by atoms with van der Waals surface area (Å²) >= 11 is 7.16. The van der Waals surface area contributed by atoms with Crippen molar-refractivity contribution in [1.29, 1.82) is 0 Å². The summed E-state index contributed by atoms with van der Waals surface area (Å²) in [7, 11) is 1.66. The van der Waals surface area contributed by atoms with E-state index in [1.165, 1.54) is 29.8 Å². The largest absolute Gasteiger partial charge is 0.327 e. The Morgan fingerprint density at radius 2 is 1.93 bits per heavy atom. The highest BCUT2D eigenvalue weighted by Gasteiger charge is 2.14. The van der Waals surface area contributed by atoms with Gasteiger partial charge in [0, 0.05) is 19.2 Å². The Balaban J connectivity index is 1.64. The van der Waals surface area contributed by atoms with Gasteiger partial charge in [0.05, 0.1) is 5.69 Å². The van der Waals surface area contributed by atoms with E-state index in [2.05, 4.69) is 25.3 Å². The molecule has 3 heterocycles. The van der Waals surface area contributed by atoms with Gasteiger partial charge in [0.25, 0.3) is 0 Å². The number of hydrogen-bond donors (Lipinski definition) is 1. The van der Waals surface area contributed by atoms with Crippen molar-refractivity contribution in [2.24, 2.45) is 0 Å². The predicted octanol–water partition coefficient (Wildman–Crippen LogP) is 4.92. The average Bonchev–Trinajstić information content (AvgIpc) is 3.02. The van der Waals surface area contributed by atoms with Crippen LogP contribution in [0, 0.1) is 11.6 Å². The molecule has 0 unspecified atom stereocenters. The van der Waals surface area contributed by atoms with Gasteiger partial charge in [-0.15, -0.1) is 0 Å². The van der Waals surface area contributed by atoms with Crippen molar-refractivity contribution in [3.8, 4) is 0 Å². The van der Waals surface area contributed by atoms with E-state index in [1.807, 2.05) is 0 Å². The Morgan fingerprint density at radius 1 is 1.07 bits per heavy atom. The third-order valence-corrected chi connectivity index (χ3v) is 4.81. The SMILES string of the molecule is CN(c1ccc2nc(Nc3cc(Cl)ncn3)sc2n1)c1ccc(F)cc1F. The monoisotopic (exact) mass is 404 g/mol. The molecule has 0 saturated carbocycles. The van der Waals surface area contributed by atoms with E-state index in [0.717, 1.165) is 6.07 Å². The number of nitrogens with zero attached hydrogens (tertiary/aromatic N) is 5. The molecule has 4 aromatic rings. The van der Waals surface area contributed by atoms with Crippen LogP contribution in [0.4, 0.5) is 31.2 Å². The van der Waals surface area contributed by atoms with Crippen LogP contribution in [0.2, 0.25) is 5.15 Å². The molecule has 0 spiro atoms. The molecule has 0 atom stereocenters. The highest BCUT2D eigenvalue weighted by atomic mass is 35.5. The van der Waals surface area contributed by atoms with E-state index in [4.69, 9.17) is 11.6 Å². The number of benzene rings is 1. The predicted molar refractivity (Wildman–Crippen MR) is 102 cm³/mol. The molecule has 27 heavy (non-hydrogen) atoms. The summed E-state index contributed by atoms with van der Waals surface area (Å²) in [5, 5.41) is 3.95. The lowest BCUT2D eigenvalue weighted by Gasteiger charge is -2.18. The Morgan fingerprint density at radius 3 is 2.70 bits per heavy atom. The van der Waals surface area contributed by atoms with E-state index in [0.29, 0.717) is 32.3 Å². The zero-order valence-electron chi connectivity index (χ0n) is 13.8. The van der Waals surface area contributed by atoms with Crippen LogP contribution < -0.4 is 10.2 Å². The number of halogens is 3. The van der Waals surface area contributed by atoms with Crippen LogP contribution in [0.1, 0.15) is 0 Å². The number of rotatable bonds is 4. The first-order chi connectivity index (χ1) is 13.0. The second-order valence-corrected chi connectivity index (χ2v) is 6.88. The summed E-state index contributed by atoms with van der Waals surface area (Å²) in [6.45, 7) is 0. The molecule has 136 valence electrons. The van der Waals surface area contributed by atoms with E-state index >= 15 is 0 Å². The number of anilines is 4. The molecular formula is C17H11ClF2N6S. The minimum Gasteiger partial charge on any atom is -0.327 e. The second-order valence-electron chi connectivity index (χ2n) is 5.52. The van der Waals surface area contributed by atoms with Crippen molar-refractivity contribution in [3.63, 3.8) is 0 Å². The van der Waals surface area contributed by atoms with Crippen LogP contribution >= 0.6 is 22.9 Å². The molecule has 1 aromatic carbocycles. The second kappa shape index (κ2) is 7.01. The first-order valence-corrected chi connectivity index (χ1v) is 8.90. The Hall–Kier alpha value is -2.91. The van der Waals surface area contributed by atoms with E-state index < -0.39 is 11.6 Å². The summed E-state index contributed by atoms with van der Waals surface area (Å²) in [6, 6.07) is 8.49. The van der Waals surface area contributed by atoms with Gasteiger partial charge < -0.3 is 10.2 Å². The molecule has 4 rings (SSSR count). The molecule has 0 fully saturated rings. The van der Waals surface area contributed by atoms with Crippen LogP contribution in [0.3, 0.4) is 0 Å². The number of pyridine rings is 1. The number of thiazole rings is 1. The van der Waals surface area contributed by atoms with Crippen molar-refractivity contribution < 1.29 is 8.78 Å². The van der Waals surface area contributed by atoms with E-state index in [1.54, 1.807) is 30.1 Å². The average molecular weight is 405 g/mol. The maximum absolute atomic E-state index is 14.0. The van der Waals surface area contributed by atoms with Gasteiger partial charge in [-0.1, -0.05) is 22.9 Å². The number of hydrogen-bond acceptors (Lipinski definition) is 7. The van der Waals surface area contributed by atoms with Gasteiger partial charge in [-0.25, -0.2) is 28.7 Å². The van der Waals surface area contributed by atoms with Crippen LogP contribution in [0.25, 0.3) is 10.3 Å². The molecule has 0 aliphatic carbocycles. The molecule has 0 amide bonds. The van der Waals surface area contributed by atoms with Gasteiger partial charge in [0.2, 0.25) is 0 Å². The highest BCUT2D eigenvalue weighted by Crippen LogP contribution is 2.31. The molecule has 0 aliphatic heterocycles. The minimum atomic E-state index is -0.660. The quantitative estimate of drug-likeness (QED) is 0.487. The Kier molecular flexibility index (Phi) is 4.54. The van der Waals surface area contributed by atoms with Gasteiger partial charge in [0.15, 0.2) is 5.13 Å². The third-order valence-electron chi connectivity index (χ3n) is 3.72. The molecule has 0 saturated heterocycles. The van der Waals surface area contributed by atoms with E-state index in [9.17, 15) is 8.78 Å². The summed E-state index contributed by atoms with van der Waals surface area (Å²) in [6.07, 6.45) is 1.35. The van der Waals surface area contributed by atoms with Crippen LogP contribution in [0.15, 0.2) is 42.7 Å². The van der Waals surface area contributed by atoms with Crippen LogP contribution in [0.5, 0.6) is 0 Å². The zero-order chi connectivity index (χ0) is 19.0. The van der Waals surface area contributed by atoms with Gasteiger partial charge in [-0.2, -0.15) is 0 Å². The molecule has 6 nitrogen and oxygen atoms in total. The number of aromatic nitrogens is 4. The summed E-state index contributed by atoms with van der Waals surface area (Å²) in [5.41, 5.74) is 0.904. The fourth-order valence-corrected chi connectivity index (χ4v) is 3.42. The molecule has 3 aromatic heterocycles. The van der Waals surface area contributed by atoms with Crippen LogP contribution in [-0.4, -0.2) is 27.0 Å². The lowest BCUT2D eigenvalue weighted by atomic mass is 10.2. The molecule has 10 heteroatoms. The highest BCUT2D eigenvalue weighted by molar-refractivity contribution is 7.21. The fourth-order valence-electron chi connectivity index (χ4n) is 2.44. The normalized spacial score (nSPS) is 11.0. The van der Waals surface area contributed by atoms with Crippen molar-refractivity contribution in [2.45, 2.75) is 0 Å². The van der Waals surface area contributed by atoms with Gasteiger partial charge in [-0.3, -0.25) is 0 Å². The molecule has 0 bridgehead atoms. The fraction of sp³-hybridized carbons (Fsp3) is 0.0588. The van der Waals surface area contributed by atoms with Crippen molar-refractivity contribution >= 4 is 55.7 Å². The number of nitrogens with one attached hydrogen (secondary N) is 1. The molecule has 0 radical (unpaired) electrons. The zero-order valence-corrected chi connectivity index (χ0v) is 15.4. The molecule has 0 aliphatic rings. The first-order valence-electron chi connectivity index (χ1n) is 7.70. The topological polar surface area (TPSA) is 66.8 Å².